The van der Waals surface area contributed by atoms with E-state index in [9.17, 15) is 8.42 Å². The van der Waals surface area contributed by atoms with Crippen LogP contribution in [0.1, 0.15) is 20.8 Å². The summed E-state index contributed by atoms with van der Waals surface area (Å²) < 4.78 is 25.5. The fraction of sp³-hybridized carbons (Fsp3) is 1.00. The lowest BCUT2D eigenvalue weighted by molar-refractivity contribution is 0.0254. The van der Waals surface area contributed by atoms with E-state index < -0.39 is 21.6 Å². The van der Waals surface area contributed by atoms with Gasteiger partial charge in [-0.05, 0) is 20.8 Å². The lowest BCUT2D eigenvalue weighted by Crippen LogP contribution is -2.27. The highest BCUT2D eigenvalue weighted by atomic mass is 32.2. The van der Waals surface area contributed by atoms with Gasteiger partial charge in [-0.2, -0.15) is 0 Å². The minimum Gasteiger partial charge on any atom is -0.359 e. The molecule has 0 bridgehead atoms. The molecule has 0 heterocycles. The first-order chi connectivity index (χ1) is 4.21. The molecule has 0 saturated carbocycles. The maximum Gasteiger partial charge on any atom is 0.233 e. The third kappa shape index (κ3) is 7.87. The lowest BCUT2D eigenvalue weighted by atomic mass is 10.2. The molecule has 2 N–H and O–H groups in total. The zero-order valence-electron chi connectivity index (χ0n) is 6.42. The molecule has 10 heavy (non-hydrogen) atoms. The molecule has 0 spiro atoms. The Bertz CT molecular complexity index is 189. The third-order valence-electron chi connectivity index (χ3n) is 0.656. The van der Waals surface area contributed by atoms with E-state index in [0.29, 0.717) is 0 Å². The van der Waals surface area contributed by atoms with Gasteiger partial charge in [0.15, 0.2) is 5.94 Å². The first kappa shape index (κ1) is 9.87. The molecule has 0 amide bonds. The highest BCUT2D eigenvalue weighted by Gasteiger charge is 2.13. The van der Waals surface area contributed by atoms with Crippen molar-refractivity contribution in [3.05, 3.63) is 0 Å². The molecule has 0 aliphatic rings. The number of hydrogen-bond donors (Lipinski definition) is 1. The highest BCUT2D eigenvalue weighted by Crippen LogP contribution is 2.06. The number of rotatable bonds is 2. The van der Waals surface area contributed by atoms with Crippen LogP contribution in [0, 0.1) is 0 Å². The number of sulfonamides is 1. The fourth-order valence-corrected chi connectivity index (χ4v) is 0.777. The van der Waals surface area contributed by atoms with Crippen molar-refractivity contribution in [3.63, 3.8) is 0 Å². The summed E-state index contributed by atoms with van der Waals surface area (Å²) in [5.74, 6) is -0.420. The molecular formula is C5H13NO3S. The summed E-state index contributed by atoms with van der Waals surface area (Å²) in [6.07, 6.45) is 0. The molecule has 62 valence electrons. The van der Waals surface area contributed by atoms with E-state index >= 15 is 0 Å². The van der Waals surface area contributed by atoms with E-state index in [2.05, 4.69) is 5.14 Å². The largest absolute Gasteiger partial charge is 0.359 e. The van der Waals surface area contributed by atoms with Crippen LogP contribution in [-0.4, -0.2) is 20.0 Å². The second-order valence-corrected chi connectivity index (χ2v) is 4.60. The Labute approximate surface area is 61.4 Å². The van der Waals surface area contributed by atoms with Gasteiger partial charge in [0, 0.05) is 0 Å². The van der Waals surface area contributed by atoms with E-state index in [1.165, 1.54) is 0 Å². The molecule has 0 atom stereocenters. The average molecular weight is 167 g/mol. The van der Waals surface area contributed by atoms with Crippen molar-refractivity contribution in [1.29, 1.82) is 0 Å². The second-order valence-electron chi connectivity index (χ2n) is 3.04. The fourth-order valence-electron chi connectivity index (χ4n) is 0.259. The molecule has 0 fully saturated rings. The van der Waals surface area contributed by atoms with E-state index in [4.69, 9.17) is 4.74 Å². The van der Waals surface area contributed by atoms with Crippen LogP contribution < -0.4 is 5.14 Å². The van der Waals surface area contributed by atoms with Gasteiger partial charge in [-0.15, -0.1) is 0 Å². The lowest BCUT2D eigenvalue weighted by Gasteiger charge is -2.17. The Morgan fingerprint density at radius 1 is 1.40 bits per heavy atom. The summed E-state index contributed by atoms with van der Waals surface area (Å²) in [5, 5.41) is 4.69. The molecule has 4 nitrogen and oxygen atoms in total. The number of hydrogen-bond acceptors (Lipinski definition) is 3. The SMILES string of the molecule is CC(C)(C)OCS(N)(=O)=O. The average Bonchev–Trinajstić information content (AvgIpc) is 1.57. The van der Waals surface area contributed by atoms with Gasteiger partial charge >= 0.3 is 0 Å². The van der Waals surface area contributed by atoms with Crippen molar-refractivity contribution in [2.45, 2.75) is 26.4 Å². The van der Waals surface area contributed by atoms with Crippen LogP contribution in [0.3, 0.4) is 0 Å². The van der Waals surface area contributed by atoms with Gasteiger partial charge in [0.2, 0.25) is 10.0 Å². The predicted octanol–water partition coefficient (Wildman–Crippen LogP) is 0.0475. The minimum atomic E-state index is -3.48. The van der Waals surface area contributed by atoms with Gasteiger partial charge in [-0.25, -0.2) is 13.6 Å². The quantitative estimate of drug-likeness (QED) is 0.631. The van der Waals surface area contributed by atoms with Crippen molar-refractivity contribution in [1.82, 2.24) is 0 Å². The van der Waals surface area contributed by atoms with Gasteiger partial charge in [0.1, 0.15) is 0 Å². The van der Waals surface area contributed by atoms with Crippen LogP contribution in [0.15, 0.2) is 0 Å². The Hall–Kier alpha value is -0.130. The first-order valence-corrected chi connectivity index (χ1v) is 4.57. The number of primary sulfonamides is 1. The van der Waals surface area contributed by atoms with Gasteiger partial charge in [0.05, 0.1) is 5.60 Å². The van der Waals surface area contributed by atoms with Crippen LogP contribution in [0.4, 0.5) is 0 Å². The Kier molecular flexibility index (Phi) is 2.82. The normalized spacial score (nSPS) is 13.6. The molecule has 0 aromatic heterocycles. The standard InChI is InChI=1S/C5H13NO3S/c1-5(2,3)9-4-10(6,7)8/h4H2,1-3H3,(H2,6,7,8). The molecule has 0 aliphatic carbocycles. The molecule has 0 radical (unpaired) electrons. The van der Waals surface area contributed by atoms with E-state index in [1.54, 1.807) is 20.8 Å². The molecule has 0 saturated heterocycles. The maximum absolute atomic E-state index is 10.3. The van der Waals surface area contributed by atoms with Crippen molar-refractivity contribution in [2.75, 3.05) is 5.94 Å². The van der Waals surface area contributed by atoms with E-state index in [-0.39, 0.29) is 0 Å². The van der Waals surface area contributed by atoms with Gasteiger partial charge in [-0.3, -0.25) is 0 Å². The number of ether oxygens (including phenoxy) is 1. The summed E-state index contributed by atoms with van der Waals surface area (Å²) in [5.41, 5.74) is -0.452. The molecule has 0 aliphatic heterocycles. The molecule has 0 unspecified atom stereocenters. The zero-order chi connectivity index (χ0) is 8.41. The van der Waals surface area contributed by atoms with Gasteiger partial charge < -0.3 is 4.74 Å². The minimum absolute atomic E-state index is 0.420. The van der Waals surface area contributed by atoms with E-state index in [0.717, 1.165) is 0 Å². The summed E-state index contributed by atoms with van der Waals surface area (Å²) in [6, 6.07) is 0. The van der Waals surface area contributed by atoms with Crippen LogP contribution in [-0.2, 0) is 14.8 Å². The van der Waals surface area contributed by atoms with Crippen LogP contribution in [0.2, 0.25) is 0 Å². The Balaban J connectivity index is 3.79. The predicted molar refractivity (Wildman–Crippen MR) is 38.8 cm³/mol. The molecule has 0 rings (SSSR count). The van der Waals surface area contributed by atoms with Crippen molar-refractivity contribution >= 4 is 10.0 Å². The van der Waals surface area contributed by atoms with Gasteiger partial charge in [-0.1, -0.05) is 0 Å². The maximum atomic E-state index is 10.3. The van der Waals surface area contributed by atoms with E-state index in [1.807, 2.05) is 0 Å². The van der Waals surface area contributed by atoms with Crippen LogP contribution in [0.5, 0.6) is 0 Å². The smallest absolute Gasteiger partial charge is 0.233 e. The molecular weight excluding hydrogens is 154 g/mol. The zero-order valence-corrected chi connectivity index (χ0v) is 7.23. The topological polar surface area (TPSA) is 69.4 Å². The van der Waals surface area contributed by atoms with Gasteiger partial charge in [0.25, 0.3) is 0 Å². The summed E-state index contributed by atoms with van der Waals surface area (Å²) >= 11 is 0. The first-order valence-electron chi connectivity index (χ1n) is 2.85. The van der Waals surface area contributed by atoms with Crippen LogP contribution in [0.25, 0.3) is 0 Å². The molecule has 0 aromatic carbocycles. The van der Waals surface area contributed by atoms with Crippen molar-refractivity contribution in [3.8, 4) is 0 Å². The third-order valence-corrected chi connectivity index (χ3v) is 1.10. The molecule has 0 aromatic rings. The Morgan fingerprint density at radius 3 is 1.90 bits per heavy atom. The summed E-state index contributed by atoms with van der Waals surface area (Å²) in [4.78, 5) is 0. The summed E-state index contributed by atoms with van der Waals surface area (Å²) in [6.45, 7) is 5.29. The summed E-state index contributed by atoms with van der Waals surface area (Å²) in [7, 11) is -3.48. The van der Waals surface area contributed by atoms with Crippen LogP contribution >= 0.6 is 0 Å². The Morgan fingerprint density at radius 2 is 1.80 bits per heavy atom. The molecule has 5 heteroatoms. The van der Waals surface area contributed by atoms with Crippen molar-refractivity contribution in [2.24, 2.45) is 5.14 Å². The monoisotopic (exact) mass is 167 g/mol. The highest BCUT2D eigenvalue weighted by molar-refractivity contribution is 7.88. The number of nitrogens with two attached hydrogens (primary N) is 1. The van der Waals surface area contributed by atoms with Crippen molar-refractivity contribution < 1.29 is 13.2 Å². The second kappa shape index (κ2) is 2.86.